The lowest BCUT2D eigenvalue weighted by Crippen LogP contribution is -2.53. The Kier molecular flexibility index (Phi) is 3.00. The monoisotopic (exact) mass is 290 g/mol. The molecule has 3 fully saturated rings. The summed E-state index contributed by atoms with van der Waals surface area (Å²) in [5.41, 5.74) is 8.36. The van der Waals surface area contributed by atoms with Crippen molar-refractivity contribution in [2.45, 2.75) is 57.2 Å². The van der Waals surface area contributed by atoms with Crippen LogP contribution in [-0.4, -0.2) is 48.7 Å². The lowest BCUT2D eigenvalue weighted by molar-refractivity contribution is -0.129. The summed E-state index contributed by atoms with van der Waals surface area (Å²) < 4.78 is 12.6. The van der Waals surface area contributed by atoms with E-state index in [-0.39, 0.29) is 37.2 Å². The number of nitrogens with zero attached hydrogens (tertiary/aromatic N) is 1. The molecule has 0 spiro atoms. The van der Waals surface area contributed by atoms with Crippen LogP contribution in [0.25, 0.3) is 0 Å². The predicted molar refractivity (Wildman–Crippen MR) is 79.3 cm³/mol. The van der Waals surface area contributed by atoms with Gasteiger partial charge in [0.05, 0.1) is 24.2 Å². The molecule has 21 heavy (non-hydrogen) atoms. The second-order valence-electron chi connectivity index (χ2n) is 7.04. The summed E-state index contributed by atoms with van der Waals surface area (Å²) in [5.74, 6) is 0.536. The van der Waals surface area contributed by atoms with E-state index in [0.29, 0.717) is 5.92 Å². The molecule has 4 atom stereocenters. The van der Waals surface area contributed by atoms with Gasteiger partial charge in [0.25, 0.3) is 0 Å². The molecular formula is C15H23BN2O3. The SMILES string of the molecule is CC1=C2CC3OB([C@@H]4CCCN4C(=O)CN)O[C@@]3(C)C1C2. The van der Waals surface area contributed by atoms with Crippen molar-refractivity contribution in [1.82, 2.24) is 4.90 Å². The second kappa shape index (κ2) is 4.57. The van der Waals surface area contributed by atoms with Crippen molar-refractivity contribution in [3.8, 4) is 0 Å². The average molecular weight is 290 g/mol. The smallest absolute Gasteiger partial charge is 0.404 e. The summed E-state index contributed by atoms with van der Waals surface area (Å²) in [7, 11) is -0.286. The number of hydrogen-bond acceptors (Lipinski definition) is 4. The molecule has 0 radical (unpaired) electrons. The van der Waals surface area contributed by atoms with E-state index in [1.54, 1.807) is 5.57 Å². The van der Waals surface area contributed by atoms with Crippen molar-refractivity contribution < 1.29 is 14.1 Å². The maximum Gasteiger partial charge on any atom is 0.481 e. The summed E-state index contributed by atoms with van der Waals surface area (Å²) in [6.07, 6.45) is 4.25. The van der Waals surface area contributed by atoms with Gasteiger partial charge in [0, 0.05) is 12.5 Å². The van der Waals surface area contributed by atoms with E-state index < -0.39 is 0 Å². The van der Waals surface area contributed by atoms with Crippen LogP contribution in [0.15, 0.2) is 11.1 Å². The Balaban J connectivity index is 1.54. The molecule has 0 aromatic rings. The van der Waals surface area contributed by atoms with Crippen LogP contribution >= 0.6 is 0 Å². The average Bonchev–Trinajstić information content (AvgIpc) is 3.07. The maximum absolute atomic E-state index is 12.0. The first-order valence-corrected chi connectivity index (χ1v) is 8.06. The molecule has 5 rings (SSSR count). The van der Waals surface area contributed by atoms with Gasteiger partial charge >= 0.3 is 7.12 Å². The van der Waals surface area contributed by atoms with Crippen molar-refractivity contribution in [2.75, 3.05) is 13.1 Å². The number of rotatable bonds is 2. The lowest BCUT2D eigenvalue weighted by atomic mass is 9.60. The van der Waals surface area contributed by atoms with E-state index in [1.807, 2.05) is 4.90 Å². The number of amides is 1. The third kappa shape index (κ3) is 1.79. The largest absolute Gasteiger partial charge is 0.481 e. The van der Waals surface area contributed by atoms with Crippen molar-refractivity contribution in [2.24, 2.45) is 11.7 Å². The molecule has 5 aliphatic rings. The van der Waals surface area contributed by atoms with Gasteiger partial charge in [-0.15, -0.1) is 0 Å². The third-order valence-electron chi connectivity index (χ3n) is 6.07. The summed E-state index contributed by atoms with van der Waals surface area (Å²) in [5, 5.41) is 0. The van der Waals surface area contributed by atoms with Gasteiger partial charge < -0.3 is 19.9 Å². The molecule has 2 heterocycles. The molecule has 2 bridgehead atoms. The molecule has 5 nitrogen and oxygen atoms in total. The molecule has 2 N–H and O–H groups in total. The fraction of sp³-hybridized carbons (Fsp3) is 0.800. The zero-order valence-corrected chi connectivity index (χ0v) is 12.8. The molecule has 1 amide bonds. The zero-order chi connectivity index (χ0) is 14.8. The highest BCUT2D eigenvalue weighted by atomic mass is 16.7. The minimum absolute atomic E-state index is 0.00569. The standard InChI is InChI=1S/C15H23BN2O3/c1-9-10-6-11(9)15(2)12(7-10)20-16(21-15)13-4-3-5-18(13)14(19)8-17/h11-13H,3-8,17H2,1-2H3/t11?,12?,13-,15-/m0/s1. The number of likely N-dealkylation sites (tertiary alicyclic amines) is 1. The van der Waals surface area contributed by atoms with E-state index in [1.165, 1.54) is 5.57 Å². The van der Waals surface area contributed by atoms with Gasteiger partial charge in [-0.1, -0.05) is 11.1 Å². The molecule has 2 saturated heterocycles. The van der Waals surface area contributed by atoms with E-state index in [4.69, 9.17) is 15.0 Å². The minimum atomic E-state index is -0.286. The van der Waals surface area contributed by atoms with E-state index in [2.05, 4.69) is 13.8 Å². The predicted octanol–water partition coefficient (Wildman–Crippen LogP) is 0.878. The first kappa shape index (κ1) is 13.8. The first-order chi connectivity index (χ1) is 10.0. The Morgan fingerprint density at radius 2 is 2.33 bits per heavy atom. The summed E-state index contributed by atoms with van der Waals surface area (Å²) in [6.45, 7) is 5.25. The Morgan fingerprint density at radius 1 is 1.52 bits per heavy atom. The Morgan fingerprint density at radius 3 is 3.05 bits per heavy atom. The molecule has 3 aliphatic carbocycles. The highest BCUT2D eigenvalue weighted by molar-refractivity contribution is 6.48. The van der Waals surface area contributed by atoms with Crippen LogP contribution in [0, 0.1) is 5.92 Å². The van der Waals surface area contributed by atoms with Gasteiger partial charge in [-0.25, -0.2) is 0 Å². The van der Waals surface area contributed by atoms with Crippen molar-refractivity contribution in [1.29, 1.82) is 0 Å². The normalized spacial score (nSPS) is 41.4. The fourth-order valence-electron chi connectivity index (χ4n) is 4.66. The zero-order valence-electron chi connectivity index (χ0n) is 12.8. The molecule has 6 heteroatoms. The lowest BCUT2D eigenvalue weighted by Gasteiger charge is -2.51. The van der Waals surface area contributed by atoms with Crippen LogP contribution in [0.5, 0.6) is 0 Å². The van der Waals surface area contributed by atoms with Gasteiger partial charge in [0.2, 0.25) is 5.91 Å². The number of carbonyl (C=O) groups excluding carboxylic acids is 1. The Hall–Kier alpha value is -0.845. The summed E-state index contributed by atoms with van der Waals surface area (Å²) >= 11 is 0. The van der Waals surface area contributed by atoms with Crippen molar-refractivity contribution >= 4 is 13.0 Å². The molecule has 2 aliphatic heterocycles. The van der Waals surface area contributed by atoms with Crippen LogP contribution in [0.2, 0.25) is 0 Å². The molecule has 0 aromatic heterocycles. The van der Waals surface area contributed by atoms with Crippen LogP contribution in [0.3, 0.4) is 0 Å². The highest BCUT2D eigenvalue weighted by Crippen LogP contribution is 2.56. The summed E-state index contributed by atoms with van der Waals surface area (Å²) in [6, 6.07) is 0. The second-order valence-corrected chi connectivity index (χ2v) is 7.04. The number of nitrogens with two attached hydrogens (primary N) is 1. The van der Waals surface area contributed by atoms with E-state index >= 15 is 0 Å². The third-order valence-corrected chi connectivity index (χ3v) is 6.07. The molecule has 2 unspecified atom stereocenters. The Labute approximate surface area is 126 Å². The number of hydrogen-bond donors (Lipinski definition) is 1. The highest BCUT2D eigenvalue weighted by Gasteiger charge is 2.61. The number of carbonyl (C=O) groups is 1. The Bertz CT molecular complexity index is 523. The van der Waals surface area contributed by atoms with Crippen LogP contribution < -0.4 is 5.73 Å². The van der Waals surface area contributed by atoms with Gasteiger partial charge in [-0.3, -0.25) is 4.79 Å². The van der Waals surface area contributed by atoms with Crippen molar-refractivity contribution in [3.63, 3.8) is 0 Å². The molecule has 1 saturated carbocycles. The fourth-order valence-corrected chi connectivity index (χ4v) is 4.66. The molecule has 114 valence electrons. The van der Waals surface area contributed by atoms with Gasteiger partial charge in [0.15, 0.2) is 0 Å². The quantitative estimate of drug-likeness (QED) is 0.605. The van der Waals surface area contributed by atoms with Crippen LogP contribution in [0.1, 0.15) is 39.5 Å². The minimum Gasteiger partial charge on any atom is -0.404 e. The maximum atomic E-state index is 12.0. The van der Waals surface area contributed by atoms with Crippen LogP contribution in [0.4, 0.5) is 0 Å². The summed E-state index contributed by atoms with van der Waals surface area (Å²) in [4.78, 5) is 13.8. The van der Waals surface area contributed by atoms with Crippen LogP contribution in [-0.2, 0) is 14.1 Å². The van der Waals surface area contributed by atoms with Gasteiger partial charge in [0.1, 0.15) is 0 Å². The molecule has 0 aromatic carbocycles. The van der Waals surface area contributed by atoms with E-state index in [0.717, 1.165) is 32.2 Å². The first-order valence-electron chi connectivity index (χ1n) is 8.06. The molecular weight excluding hydrogens is 267 g/mol. The van der Waals surface area contributed by atoms with Gasteiger partial charge in [-0.2, -0.15) is 0 Å². The van der Waals surface area contributed by atoms with E-state index in [9.17, 15) is 4.79 Å². The topological polar surface area (TPSA) is 64.8 Å². The van der Waals surface area contributed by atoms with Crippen molar-refractivity contribution in [3.05, 3.63) is 11.1 Å². The van der Waals surface area contributed by atoms with Gasteiger partial charge in [-0.05, 0) is 39.5 Å².